The first-order chi connectivity index (χ1) is 7.00. The number of hydrogen-bond donors (Lipinski definition) is 2. The van der Waals surface area contributed by atoms with Crippen molar-refractivity contribution in [2.45, 2.75) is 19.6 Å². The van der Waals surface area contributed by atoms with Crippen molar-refractivity contribution in [2.75, 3.05) is 0 Å². The smallest absolute Gasteiger partial charge is 0.357 e. The van der Waals surface area contributed by atoms with Gasteiger partial charge in [0, 0.05) is 6.92 Å². The molecule has 0 aromatic carbocycles. The van der Waals surface area contributed by atoms with Crippen LogP contribution >= 0.6 is 0 Å². The minimum absolute atomic E-state index is 0.0375. The second-order valence-electron chi connectivity index (χ2n) is 2.80. The van der Waals surface area contributed by atoms with Crippen molar-refractivity contribution in [1.29, 1.82) is 0 Å². The lowest BCUT2D eigenvalue weighted by Crippen LogP contribution is -2.41. The molecule has 82 valence electrons. The summed E-state index contributed by atoms with van der Waals surface area (Å²) in [7, 11) is 0. The Labute approximate surface area is 84.4 Å². The highest BCUT2D eigenvalue weighted by molar-refractivity contribution is 5.92. The highest BCUT2D eigenvalue weighted by atomic mass is 16.7. The van der Waals surface area contributed by atoms with Crippen molar-refractivity contribution in [3.8, 4) is 0 Å². The Morgan fingerprint density at radius 1 is 1.60 bits per heavy atom. The number of nitro groups is 1. The van der Waals surface area contributed by atoms with E-state index in [2.05, 4.69) is 0 Å². The molecule has 0 aromatic heterocycles. The maximum absolute atomic E-state index is 11.2. The van der Waals surface area contributed by atoms with Gasteiger partial charge in [-0.05, 0) is 6.08 Å². The Bertz CT molecular complexity index is 338. The van der Waals surface area contributed by atoms with E-state index in [0.717, 1.165) is 0 Å². The Balaban J connectivity index is 2.43. The van der Waals surface area contributed by atoms with E-state index in [-0.39, 0.29) is 12.2 Å². The zero-order valence-electron chi connectivity index (χ0n) is 7.85. The molecule has 2 N–H and O–H groups in total. The van der Waals surface area contributed by atoms with Crippen LogP contribution in [0.15, 0.2) is 11.8 Å². The third kappa shape index (κ3) is 2.93. The predicted octanol–water partition coefficient (Wildman–Crippen LogP) is -0.939. The maximum Gasteiger partial charge on any atom is 0.357 e. The quantitative estimate of drug-likeness (QED) is 0.456. The average Bonchev–Trinajstić information content (AvgIpc) is 2.62. The summed E-state index contributed by atoms with van der Waals surface area (Å²) in [6.45, 7) is 1.21. The van der Waals surface area contributed by atoms with Crippen LogP contribution in [0.1, 0.15) is 13.3 Å². The van der Waals surface area contributed by atoms with Crippen molar-refractivity contribution in [2.24, 2.45) is 0 Å². The average molecular weight is 215 g/mol. The first kappa shape index (κ1) is 11.0. The third-order valence-electron chi connectivity index (χ3n) is 1.58. The zero-order chi connectivity index (χ0) is 11.4. The normalized spacial score (nSPS) is 18.7. The van der Waals surface area contributed by atoms with Gasteiger partial charge in [0.15, 0.2) is 5.76 Å². The summed E-state index contributed by atoms with van der Waals surface area (Å²) in [6, 6.07) is 0. The highest BCUT2D eigenvalue weighted by Crippen LogP contribution is 2.16. The van der Waals surface area contributed by atoms with Crippen LogP contribution in [0.3, 0.4) is 0 Å². The summed E-state index contributed by atoms with van der Waals surface area (Å²) in [6.07, 6.45) is 0.114. The molecule has 15 heavy (non-hydrogen) atoms. The van der Waals surface area contributed by atoms with E-state index < -0.39 is 23.0 Å². The van der Waals surface area contributed by atoms with Gasteiger partial charge in [0.25, 0.3) is 0 Å². The minimum atomic E-state index is -1.22. The molecule has 1 aliphatic heterocycles. The number of amides is 2. The summed E-state index contributed by atoms with van der Waals surface area (Å²) in [5.41, 5.74) is 4.07. The van der Waals surface area contributed by atoms with Gasteiger partial charge in [-0.15, -0.1) is 0 Å². The molecule has 2 amide bonds. The molecule has 1 heterocycles. The minimum Gasteiger partial charge on any atom is -0.424 e. The third-order valence-corrected chi connectivity index (χ3v) is 1.58. The van der Waals surface area contributed by atoms with E-state index in [0.29, 0.717) is 0 Å². The second kappa shape index (κ2) is 4.40. The van der Waals surface area contributed by atoms with Crippen molar-refractivity contribution in [1.82, 2.24) is 10.9 Å². The van der Waals surface area contributed by atoms with Gasteiger partial charge in [-0.2, -0.15) is 0 Å². The van der Waals surface area contributed by atoms with E-state index in [1.54, 1.807) is 0 Å². The first-order valence-corrected chi connectivity index (χ1v) is 4.08. The van der Waals surface area contributed by atoms with Crippen LogP contribution < -0.4 is 10.9 Å². The molecule has 0 aliphatic carbocycles. The summed E-state index contributed by atoms with van der Waals surface area (Å²) in [4.78, 5) is 31.3. The van der Waals surface area contributed by atoms with Crippen molar-refractivity contribution in [3.63, 3.8) is 0 Å². The standard InChI is InChI=1S/C7H9N3O5/c1-4(11)8-9-7(12)5-2-3-6(15-5)10(13)14/h2,6H,3H2,1H3,(H,8,11)(H,9,12). The number of rotatable bonds is 2. The lowest BCUT2D eigenvalue weighted by molar-refractivity contribution is -0.566. The predicted molar refractivity (Wildman–Crippen MR) is 46.5 cm³/mol. The molecule has 0 bridgehead atoms. The van der Waals surface area contributed by atoms with Crippen molar-refractivity contribution in [3.05, 3.63) is 21.9 Å². The molecule has 0 radical (unpaired) electrons. The number of carbonyl (C=O) groups excluding carboxylic acids is 2. The molecule has 1 rings (SSSR count). The molecular weight excluding hydrogens is 206 g/mol. The summed E-state index contributed by atoms with van der Waals surface area (Å²) < 4.78 is 4.72. The van der Waals surface area contributed by atoms with Gasteiger partial charge in [0.2, 0.25) is 5.91 Å². The van der Waals surface area contributed by atoms with Crippen molar-refractivity contribution < 1.29 is 19.2 Å². The van der Waals surface area contributed by atoms with Gasteiger partial charge in [-0.25, -0.2) is 0 Å². The van der Waals surface area contributed by atoms with Crippen LogP contribution in [0.5, 0.6) is 0 Å². The molecule has 0 aromatic rings. The Morgan fingerprint density at radius 3 is 2.73 bits per heavy atom. The van der Waals surface area contributed by atoms with E-state index >= 15 is 0 Å². The number of carbonyl (C=O) groups is 2. The highest BCUT2D eigenvalue weighted by Gasteiger charge is 2.30. The van der Waals surface area contributed by atoms with E-state index in [9.17, 15) is 19.7 Å². The van der Waals surface area contributed by atoms with Crippen LogP contribution in [0.2, 0.25) is 0 Å². The number of hydrazine groups is 1. The fourth-order valence-electron chi connectivity index (χ4n) is 0.932. The van der Waals surface area contributed by atoms with Crippen LogP contribution in [0, 0.1) is 10.1 Å². The van der Waals surface area contributed by atoms with Crippen LogP contribution in [0.4, 0.5) is 0 Å². The van der Waals surface area contributed by atoms with Crippen molar-refractivity contribution >= 4 is 11.8 Å². The summed E-state index contributed by atoms with van der Waals surface area (Å²) in [5, 5.41) is 10.3. The van der Waals surface area contributed by atoms with E-state index in [4.69, 9.17) is 4.74 Å². The number of nitrogens with zero attached hydrogens (tertiary/aromatic N) is 1. The zero-order valence-corrected chi connectivity index (χ0v) is 7.85. The molecule has 8 heteroatoms. The summed E-state index contributed by atoms with van der Waals surface area (Å²) >= 11 is 0. The molecule has 1 unspecified atom stereocenters. The van der Waals surface area contributed by atoms with Crippen LogP contribution in [-0.2, 0) is 14.3 Å². The molecular formula is C7H9N3O5. The molecule has 1 atom stereocenters. The van der Waals surface area contributed by atoms with Crippen LogP contribution in [0.25, 0.3) is 0 Å². The monoisotopic (exact) mass is 215 g/mol. The first-order valence-electron chi connectivity index (χ1n) is 4.08. The molecule has 0 saturated heterocycles. The molecule has 1 aliphatic rings. The molecule has 0 saturated carbocycles. The number of ether oxygens (including phenoxy) is 1. The van der Waals surface area contributed by atoms with Gasteiger partial charge >= 0.3 is 12.1 Å². The van der Waals surface area contributed by atoms with Gasteiger partial charge in [0.05, 0.1) is 11.3 Å². The second-order valence-corrected chi connectivity index (χ2v) is 2.80. The maximum atomic E-state index is 11.2. The summed E-state index contributed by atoms with van der Waals surface area (Å²) in [5.74, 6) is -1.33. The van der Waals surface area contributed by atoms with Gasteiger partial charge < -0.3 is 4.74 Å². The van der Waals surface area contributed by atoms with E-state index in [1.807, 2.05) is 10.9 Å². The van der Waals surface area contributed by atoms with Gasteiger partial charge in [0.1, 0.15) is 0 Å². The largest absolute Gasteiger partial charge is 0.424 e. The SMILES string of the molecule is CC(=O)NNC(=O)C1=CCC([N+](=O)[O-])O1. The number of nitrogens with one attached hydrogen (secondary N) is 2. The van der Waals surface area contributed by atoms with Gasteiger partial charge in [-0.3, -0.25) is 30.6 Å². The lowest BCUT2D eigenvalue weighted by Gasteiger charge is -2.07. The Hall–Kier alpha value is -2.12. The fraction of sp³-hybridized carbons (Fsp3) is 0.429. The Morgan fingerprint density at radius 2 is 2.27 bits per heavy atom. The molecule has 0 fully saturated rings. The van der Waals surface area contributed by atoms with Crippen LogP contribution in [-0.4, -0.2) is 23.0 Å². The molecule has 0 spiro atoms. The topological polar surface area (TPSA) is 111 Å². The number of hydrogen-bond acceptors (Lipinski definition) is 5. The van der Waals surface area contributed by atoms with Gasteiger partial charge in [-0.1, -0.05) is 0 Å². The fourth-order valence-corrected chi connectivity index (χ4v) is 0.932. The lowest BCUT2D eigenvalue weighted by atomic mass is 10.4. The van der Waals surface area contributed by atoms with E-state index in [1.165, 1.54) is 13.0 Å². The Kier molecular flexibility index (Phi) is 3.21. The molecule has 8 nitrogen and oxygen atoms in total.